The lowest BCUT2D eigenvalue weighted by atomic mass is 10.7. The molecule has 6 heteroatoms. The summed E-state index contributed by atoms with van der Waals surface area (Å²) in [4.78, 5) is 10.5. The third-order valence-corrected chi connectivity index (χ3v) is 2.29. The zero-order valence-corrected chi connectivity index (χ0v) is 7.27. The maximum atomic E-state index is 10.7. The lowest BCUT2D eigenvalue weighted by molar-refractivity contribution is -0.704. The van der Waals surface area contributed by atoms with Crippen LogP contribution in [0.25, 0.3) is 0 Å². The second-order valence-corrected chi connectivity index (χ2v) is 4.19. The Bertz CT molecular complexity index is 233. The van der Waals surface area contributed by atoms with E-state index >= 15 is 0 Å². The van der Waals surface area contributed by atoms with Crippen molar-refractivity contribution in [2.45, 2.75) is 0 Å². The highest BCUT2D eigenvalue weighted by Crippen LogP contribution is 1.68. The van der Waals surface area contributed by atoms with Gasteiger partial charge in [0.25, 0.3) is 10.0 Å². The largest absolute Gasteiger partial charge is 0.465 e. The van der Waals surface area contributed by atoms with Crippen molar-refractivity contribution >= 4 is 16.0 Å². The highest BCUT2D eigenvalue weighted by Gasteiger charge is 2.13. The number of methoxy groups -OCH3 is 1. The molecule has 5 nitrogen and oxygen atoms in total. The molecule has 0 saturated heterocycles. The normalized spacial score (nSPS) is 14.1. The van der Waals surface area contributed by atoms with Crippen molar-refractivity contribution in [1.29, 1.82) is 0 Å². The highest BCUT2D eigenvalue weighted by molar-refractivity contribution is 7.84. The Labute approximate surface area is 66.0 Å². The number of carbonyl (C=O) groups excluding carboxylic acids is 1. The molecule has 0 fully saturated rings. The van der Waals surface area contributed by atoms with Crippen LogP contribution in [0.2, 0.25) is 0 Å². The van der Waals surface area contributed by atoms with Crippen LogP contribution in [0.3, 0.4) is 0 Å². The number of nitrogens with one attached hydrogen (secondary N) is 1. The quantitative estimate of drug-likeness (QED) is 0.396. The molecule has 66 valence electrons. The number of sulfonamides is 1. The van der Waals surface area contributed by atoms with Crippen LogP contribution >= 0.6 is 0 Å². The number of esters is 1. The fourth-order valence-electron chi connectivity index (χ4n) is 0.364. The van der Waals surface area contributed by atoms with Gasteiger partial charge in [-0.15, -0.1) is 7.05 Å². The van der Waals surface area contributed by atoms with Crippen LogP contribution < -0.4 is 4.31 Å². The Hall–Kier alpha value is -0.620. The summed E-state index contributed by atoms with van der Waals surface area (Å²) in [5.41, 5.74) is 0. The van der Waals surface area contributed by atoms with Crippen molar-refractivity contribution < 1.29 is 22.3 Å². The Kier molecular flexibility index (Phi) is 3.47. The molecule has 0 aliphatic rings. The van der Waals surface area contributed by atoms with E-state index in [-0.39, 0.29) is 10.8 Å². The Morgan fingerprint density at radius 2 is 2.09 bits per heavy atom. The average Bonchev–Trinajstić information content (AvgIpc) is 1.85. The fourth-order valence-corrected chi connectivity index (χ4v) is 0.744. The van der Waals surface area contributed by atoms with Crippen molar-refractivity contribution in [3.63, 3.8) is 0 Å². The van der Waals surface area contributed by atoms with Crippen molar-refractivity contribution in [3.05, 3.63) is 7.05 Å². The smallest absolute Gasteiger partial charge is 0.360 e. The molecule has 1 unspecified atom stereocenters. The molecule has 0 aromatic heterocycles. The predicted octanol–water partition coefficient (Wildman–Crippen LogP) is -2.20. The van der Waals surface area contributed by atoms with Crippen molar-refractivity contribution in [2.24, 2.45) is 0 Å². The number of carbonyl (C=O) groups is 1. The van der Waals surface area contributed by atoms with E-state index in [1.165, 1.54) is 7.11 Å². The Morgan fingerprint density at radius 3 is 2.36 bits per heavy atom. The minimum absolute atomic E-state index is 0.121. The van der Waals surface area contributed by atoms with Crippen molar-refractivity contribution in [1.82, 2.24) is 0 Å². The van der Waals surface area contributed by atoms with Crippen LogP contribution in [0, 0.1) is 7.05 Å². The van der Waals surface area contributed by atoms with Gasteiger partial charge in [0.15, 0.2) is 6.54 Å². The molecule has 0 bridgehead atoms. The summed E-state index contributed by atoms with van der Waals surface area (Å²) in [6.45, 7) is -0.269. The summed E-state index contributed by atoms with van der Waals surface area (Å²) in [5.74, 6) is -0.597. The molecule has 0 aromatic carbocycles. The van der Waals surface area contributed by atoms with Gasteiger partial charge < -0.3 is 9.04 Å². The van der Waals surface area contributed by atoms with E-state index in [2.05, 4.69) is 11.8 Å². The van der Waals surface area contributed by atoms with E-state index in [4.69, 9.17) is 0 Å². The standard InChI is InChI=1S/C5H11NO4S/c1-6(11(3,8)9)4-5(7)10-2/h6H,1,4H2,2-3H3. The van der Waals surface area contributed by atoms with Crippen LogP contribution in [-0.4, -0.2) is 34.3 Å². The van der Waals surface area contributed by atoms with E-state index < -0.39 is 16.0 Å². The molecular weight excluding hydrogens is 170 g/mol. The van der Waals surface area contributed by atoms with E-state index in [1.54, 1.807) is 0 Å². The SMILES string of the molecule is [CH2-][NH+](CC(=O)OC)S(C)(=O)=O. The topological polar surface area (TPSA) is 64.9 Å². The number of hydrogen-bond donors (Lipinski definition) is 1. The maximum Gasteiger partial charge on any atom is 0.360 e. The minimum atomic E-state index is -3.30. The monoisotopic (exact) mass is 181 g/mol. The number of rotatable bonds is 3. The van der Waals surface area contributed by atoms with Crippen molar-refractivity contribution in [2.75, 3.05) is 19.9 Å². The third-order valence-electron chi connectivity index (χ3n) is 1.09. The maximum absolute atomic E-state index is 10.7. The first-order valence-corrected chi connectivity index (χ1v) is 4.71. The molecule has 11 heavy (non-hydrogen) atoms. The number of ether oxygens (including phenoxy) is 1. The number of quaternary nitrogens is 1. The summed E-state index contributed by atoms with van der Waals surface area (Å²) in [6.07, 6.45) is 0.998. The van der Waals surface area contributed by atoms with Gasteiger partial charge in [-0.25, -0.2) is 4.79 Å². The van der Waals surface area contributed by atoms with Gasteiger partial charge in [-0.3, -0.25) is 0 Å². The zero-order chi connectivity index (χ0) is 9.07. The molecule has 0 rings (SSSR count). The lowest BCUT2D eigenvalue weighted by Gasteiger charge is -2.15. The fraction of sp³-hybridized carbons (Fsp3) is 0.600. The van der Waals surface area contributed by atoms with Crippen LogP contribution in [-0.2, 0) is 19.6 Å². The molecule has 0 aliphatic carbocycles. The second kappa shape index (κ2) is 3.68. The first kappa shape index (κ1) is 10.4. The Balaban J connectivity index is 4.10. The van der Waals surface area contributed by atoms with Gasteiger partial charge in [-0.1, -0.05) is 0 Å². The molecule has 0 aromatic rings. The highest BCUT2D eigenvalue weighted by atomic mass is 32.2. The second-order valence-electron chi connectivity index (χ2n) is 2.06. The van der Waals surface area contributed by atoms with Gasteiger partial charge in [0, 0.05) is 0 Å². The van der Waals surface area contributed by atoms with Gasteiger partial charge >= 0.3 is 5.97 Å². The molecule has 0 heterocycles. The van der Waals surface area contributed by atoms with Gasteiger partial charge in [-0.05, 0) is 0 Å². The first-order valence-electron chi connectivity index (χ1n) is 2.82. The van der Waals surface area contributed by atoms with E-state index in [0.29, 0.717) is 0 Å². The van der Waals surface area contributed by atoms with E-state index in [0.717, 1.165) is 6.26 Å². The molecule has 0 saturated carbocycles. The van der Waals surface area contributed by atoms with E-state index in [9.17, 15) is 13.2 Å². The van der Waals surface area contributed by atoms with Gasteiger partial charge in [0.05, 0.1) is 13.4 Å². The molecule has 0 amide bonds. The number of hydrogen-bond acceptors (Lipinski definition) is 4. The summed E-state index contributed by atoms with van der Waals surface area (Å²) >= 11 is 0. The average molecular weight is 181 g/mol. The summed E-state index contributed by atoms with van der Waals surface area (Å²) in [7, 11) is 1.11. The van der Waals surface area contributed by atoms with Gasteiger partial charge in [0.1, 0.15) is 0 Å². The first-order chi connectivity index (χ1) is 4.88. The van der Waals surface area contributed by atoms with Crippen LogP contribution in [0.15, 0.2) is 0 Å². The summed E-state index contributed by atoms with van der Waals surface area (Å²) in [5, 5.41) is 0. The molecule has 0 aliphatic heterocycles. The molecule has 0 radical (unpaired) electrons. The van der Waals surface area contributed by atoms with Crippen LogP contribution in [0.4, 0.5) is 0 Å². The van der Waals surface area contributed by atoms with E-state index in [1.807, 2.05) is 0 Å². The molecular formula is C5H11NO4S. The molecule has 0 spiro atoms. The van der Waals surface area contributed by atoms with Gasteiger partial charge in [-0.2, -0.15) is 8.42 Å². The minimum Gasteiger partial charge on any atom is -0.465 e. The molecule has 1 atom stereocenters. The predicted molar refractivity (Wildman–Crippen MR) is 38.0 cm³/mol. The third kappa shape index (κ3) is 3.94. The Morgan fingerprint density at radius 1 is 1.64 bits per heavy atom. The van der Waals surface area contributed by atoms with Gasteiger partial charge in [0.2, 0.25) is 0 Å². The van der Waals surface area contributed by atoms with Crippen LogP contribution in [0.5, 0.6) is 0 Å². The molecule has 1 N–H and O–H groups in total. The lowest BCUT2D eigenvalue weighted by Crippen LogP contribution is -3.09. The summed E-state index contributed by atoms with van der Waals surface area (Å²) < 4.78 is 25.5. The summed E-state index contributed by atoms with van der Waals surface area (Å²) in [6, 6.07) is 0. The van der Waals surface area contributed by atoms with Crippen LogP contribution in [0.1, 0.15) is 0 Å². The van der Waals surface area contributed by atoms with Crippen molar-refractivity contribution in [3.8, 4) is 0 Å². The zero-order valence-electron chi connectivity index (χ0n) is 6.46.